The third-order valence-electron chi connectivity index (χ3n) is 4.77. The molecule has 118 valence electrons. The molecule has 0 radical (unpaired) electrons. The van der Waals surface area contributed by atoms with Crippen LogP contribution >= 0.6 is 0 Å². The first-order chi connectivity index (χ1) is 10.2. The van der Waals surface area contributed by atoms with Crippen LogP contribution in [0.4, 0.5) is 0 Å². The number of fused-ring (bicyclic) bond motifs is 1. The molecule has 3 unspecified atom stereocenters. The lowest BCUT2D eigenvalue weighted by Crippen LogP contribution is -2.47. The van der Waals surface area contributed by atoms with E-state index in [1.54, 1.807) is 7.11 Å². The number of hydrogen-bond acceptors (Lipinski definition) is 3. The largest absolute Gasteiger partial charge is 0.383 e. The molecule has 0 amide bonds. The first-order valence-corrected chi connectivity index (χ1v) is 8.21. The van der Waals surface area contributed by atoms with Gasteiger partial charge in [-0.3, -0.25) is 4.90 Å². The molecule has 1 aliphatic rings. The van der Waals surface area contributed by atoms with Crippen molar-refractivity contribution in [3.05, 3.63) is 35.4 Å². The van der Waals surface area contributed by atoms with Crippen molar-refractivity contribution in [3.8, 4) is 0 Å². The minimum Gasteiger partial charge on any atom is -0.383 e. The van der Waals surface area contributed by atoms with E-state index >= 15 is 0 Å². The fourth-order valence-electron chi connectivity index (χ4n) is 3.53. The summed E-state index contributed by atoms with van der Waals surface area (Å²) in [6.07, 6.45) is 3.69. The molecule has 1 aliphatic carbocycles. The number of ether oxygens (including phenoxy) is 1. The summed E-state index contributed by atoms with van der Waals surface area (Å²) in [6.45, 7) is 6.24. The number of methoxy groups -OCH3 is 1. The van der Waals surface area contributed by atoms with Crippen molar-refractivity contribution < 1.29 is 4.74 Å². The van der Waals surface area contributed by atoms with Crippen molar-refractivity contribution >= 4 is 0 Å². The van der Waals surface area contributed by atoms with Gasteiger partial charge in [0.1, 0.15) is 0 Å². The van der Waals surface area contributed by atoms with Crippen LogP contribution in [-0.2, 0) is 11.2 Å². The van der Waals surface area contributed by atoms with E-state index in [0.717, 1.165) is 13.2 Å². The van der Waals surface area contributed by atoms with Crippen LogP contribution in [0.1, 0.15) is 43.9 Å². The molecule has 0 saturated heterocycles. The van der Waals surface area contributed by atoms with Crippen molar-refractivity contribution in [2.24, 2.45) is 0 Å². The maximum absolute atomic E-state index is 5.35. The third kappa shape index (κ3) is 3.85. The summed E-state index contributed by atoms with van der Waals surface area (Å²) >= 11 is 0. The van der Waals surface area contributed by atoms with Crippen LogP contribution in [0.5, 0.6) is 0 Å². The summed E-state index contributed by atoms with van der Waals surface area (Å²) in [5.41, 5.74) is 3.00. The molecular formula is C18H30N2O. The van der Waals surface area contributed by atoms with E-state index in [9.17, 15) is 0 Å². The van der Waals surface area contributed by atoms with Crippen LogP contribution < -0.4 is 5.32 Å². The summed E-state index contributed by atoms with van der Waals surface area (Å²) in [5, 5.41) is 3.73. The monoisotopic (exact) mass is 290 g/mol. The molecule has 0 fully saturated rings. The molecule has 0 aromatic heterocycles. The Balaban J connectivity index is 2.27. The number of nitrogens with zero attached hydrogens (tertiary/aromatic N) is 1. The van der Waals surface area contributed by atoms with E-state index in [1.165, 1.54) is 30.4 Å². The minimum absolute atomic E-state index is 0.415. The maximum Gasteiger partial charge on any atom is 0.0615 e. The zero-order valence-corrected chi connectivity index (χ0v) is 13.9. The van der Waals surface area contributed by atoms with Gasteiger partial charge in [-0.25, -0.2) is 0 Å². The average molecular weight is 290 g/mol. The molecular weight excluding hydrogens is 260 g/mol. The lowest BCUT2D eigenvalue weighted by Gasteiger charge is -2.38. The molecule has 1 aromatic rings. The highest BCUT2D eigenvalue weighted by molar-refractivity contribution is 5.32. The fourth-order valence-corrected chi connectivity index (χ4v) is 3.53. The molecule has 0 spiro atoms. The summed E-state index contributed by atoms with van der Waals surface area (Å²) in [4.78, 5) is 2.50. The van der Waals surface area contributed by atoms with Crippen molar-refractivity contribution in [1.29, 1.82) is 0 Å². The van der Waals surface area contributed by atoms with Gasteiger partial charge in [-0.05, 0) is 50.9 Å². The molecule has 1 aromatic carbocycles. The van der Waals surface area contributed by atoms with Crippen LogP contribution in [0.25, 0.3) is 0 Å². The van der Waals surface area contributed by atoms with E-state index in [0.29, 0.717) is 18.1 Å². The van der Waals surface area contributed by atoms with E-state index < -0.39 is 0 Å². The van der Waals surface area contributed by atoms with Crippen molar-refractivity contribution in [2.45, 2.75) is 51.2 Å². The van der Waals surface area contributed by atoms with E-state index in [-0.39, 0.29) is 0 Å². The molecule has 0 aliphatic heterocycles. The summed E-state index contributed by atoms with van der Waals surface area (Å²) < 4.78 is 5.35. The molecule has 3 heteroatoms. The Labute approximate surface area is 129 Å². The van der Waals surface area contributed by atoms with Crippen molar-refractivity contribution in [2.75, 3.05) is 27.3 Å². The predicted molar refractivity (Wildman–Crippen MR) is 88.7 cm³/mol. The molecule has 0 heterocycles. The van der Waals surface area contributed by atoms with Gasteiger partial charge in [0.2, 0.25) is 0 Å². The third-order valence-corrected chi connectivity index (χ3v) is 4.77. The number of nitrogens with one attached hydrogen (secondary N) is 1. The minimum atomic E-state index is 0.415. The second-order valence-corrected chi connectivity index (χ2v) is 6.16. The van der Waals surface area contributed by atoms with Gasteiger partial charge in [-0.2, -0.15) is 0 Å². The van der Waals surface area contributed by atoms with Crippen molar-refractivity contribution in [3.63, 3.8) is 0 Å². The maximum atomic E-state index is 5.35. The first-order valence-electron chi connectivity index (χ1n) is 8.21. The zero-order valence-electron chi connectivity index (χ0n) is 13.9. The highest BCUT2D eigenvalue weighted by Gasteiger charge is 2.31. The second kappa shape index (κ2) is 7.92. The van der Waals surface area contributed by atoms with Crippen LogP contribution in [0.15, 0.2) is 24.3 Å². The molecule has 21 heavy (non-hydrogen) atoms. The van der Waals surface area contributed by atoms with E-state index in [4.69, 9.17) is 4.74 Å². The molecule has 3 atom stereocenters. The SMILES string of the molecule is CCNC1c2ccccc2CCCC1N(C)C(C)COC. The van der Waals surface area contributed by atoms with Gasteiger partial charge in [-0.1, -0.05) is 31.2 Å². The quantitative estimate of drug-likeness (QED) is 0.815. The van der Waals surface area contributed by atoms with Gasteiger partial charge in [0, 0.05) is 25.2 Å². The smallest absolute Gasteiger partial charge is 0.0615 e. The van der Waals surface area contributed by atoms with Gasteiger partial charge in [0.25, 0.3) is 0 Å². The number of likely N-dealkylation sites (N-methyl/N-ethyl adjacent to an activating group) is 2. The highest BCUT2D eigenvalue weighted by Crippen LogP contribution is 2.32. The Kier molecular flexibility index (Phi) is 6.22. The number of rotatable bonds is 6. The number of benzene rings is 1. The summed E-state index contributed by atoms with van der Waals surface area (Å²) in [5.74, 6) is 0. The standard InChI is InChI=1S/C18H30N2O/c1-5-19-18-16-11-7-6-9-15(16)10-8-12-17(18)20(3)14(2)13-21-4/h6-7,9,11,14,17-19H,5,8,10,12-13H2,1-4H3. The Bertz CT molecular complexity index is 435. The van der Waals surface area contributed by atoms with Gasteiger partial charge in [0.05, 0.1) is 6.61 Å². The zero-order chi connectivity index (χ0) is 15.2. The second-order valence-electron chi connectivity index (χ2n) is 6.16. The van der Waals surface area contributed by atoms with Gasteiger partial charge in [-0.15, -0.1) is 0 Å². The predicted octanol–water partition coefficient (Wildman–Crippen LogP) is 3.01. The Hall–Kier alpha value is -0.900. The van der Waals surface area contributed by atoms with E-state index in [2.05, 4.69) is 55.4 Å². The highest BCUT2D eigenvalue weighted by atomic mass is 16.5. The fraction of sp³-hybridized carbons (Fsp3) is 0.667. The molecule has 0 bridgehead atoms. The molecule has 2 rings (SSSR count). The summed E-state index contributed by atoms with van der Waals surface area (Å²) in [6, 6.07) is 10.3. The van der Waals surface area contributed by atoms with Gasteiger partial charge >= 0.3 is 0 Å². The Morgan fingerprint density at radius 1 is 1.38 bits per heavy atom. The normalized spacial score (nSPS) is 23.7. The molecule has 3 nitrogen and oxygen atoms in total. The van der Waals surface area contributed by atoms with Gasteiger partial charge < -0.3 is 10.1 Å². The summed E-state index contributed by atoms with van der Waals surface area (Å²) in [7, 11) is 4.03. The van der Waals surface area contributed by atoms with Crippen LogP contribution in [0.3, 0.4) is 0 Å². The number of aryl methyl sites for hydroxylation is 1. The Morgan fingerprint density at radius 3 is 2.86 bits per heavy atom. The van der Waals surface area contributed by atoms with Gasteiger partial charge in [0.15, 0.2) is 0 Å². The topological polar surface area (TPSA) is 24.5 Å². The Morgan fingerprint density at radius 2 is 2.14 bits per heavy atom. The van der Waals surface area contributed by atoms with Crippen LogP contribution in [-0.4, -0.2) is 44.3 Å². The van der Waals surface area contributed by atoms with Crippen molar-refractivity contribution in [1.82, 2.24) is 10.2 Å². The average Bonchev–Trinajstić information content (AvgIpc) is 2.67. The van der Waals surface area contributed by atoms with E-state index in [1.807, 2.05) is 0 Å². The lowest BCUT2D eigenvalue weighted by atomic mass is 9.94. The lowest BCUT2D eigenvalue weighted by molar-refractivity contribution is 0.0719. The van der Waals surface area contributed by atoms with Crippen LogP contribution in [0, 0.1) is 0 Å². The first kappa shape index (κ1) is 16.5. The number of hydrogen-bond donors (Lipinski definition) is 1. The van der Waals surface area contributed by atoms with Crippen LogP contribution in [0.2, 0.25) is 0 Å². The molecule has 1 N–H and O–H groups in total. The molecule has 0 saturated carbocycles.